The van der Waals surface area contributed by atoms with Crippen LogP contribution in [0.1, 0.15) is 12.5 Å². The molecule has 0 amide bonds. The van der Waals surface area contributed by atoms with Gasteiger partial charge in [-0.2, -0.15) is 4.72 Å². The van der Waals surface area contributed by atoms with E-state index < -0.39 is 36.2 Å². The van der Waals surface area contributed by atoms with Gasteiger partial charge in [0.2, 0.25) is 10.0 Å². The highest BCUT2D eigenvalue weighted by Gasteiger charge is 2.29. The molecule has 0 fully saturated rings. The smallest absolute Gasteiger partial charge is 0.324 e. The number of sulfonamides is 1. The highest BCUT2D eigenvalue weighted by molar-refractivity contribution is 7.89. The summed E-state index contributed by atoms with van der Waals surface area (Å²) in [5.41, 5.74) is 3.86. The molecular formula is C15H21NO5SSi. The number of hydrogen-bond acceptors (Lipinski definition) is 4. The van der Waals surface area contributed by atoms with Crippen LogP contribution in [-0.4, -0.2) is 44.8 Å². The molecule has 0 aliphatic carbocycles. The van der Waals surface area contributed by atoms with E-state index in [0.29, 0.717) is 5.56 Å². The minimum Gasteiger partial charge on any atom is -0.480 e. The van der Waals surface area contributed by atoms with Gasteiger partial charge in [0.15, 0.2) is 0 Å². The Labute approximate surface area is 137 Å². The molecule has 0 saturated heterocycles. The molecule has 0 saturated carbocycles. The van der Waals surface area contributed by atoms with Gasteiger partial charge in [0, 0.05) is 5.56 Å². The fraction of sp³-hybridized carbons (Fsp3) is 0.400. The zero-order valence-corrected chi connectivity index (χ0v) is 15.3. The van der Waals surface area contributed by atoms with Crippen molar-refractivity contribution < 1.29 is 23.4 Å². The van der Waals surface area contributed by atoms with E-state index in [-0.39, 0.29) is 4.90 Å². The standard InChI is InChI=1S/C15H21NO5SSi/c1-11(17)14(15(18)19)16-22(20,21)13-7-5-12(6-8-13)9-10-23(2,3)4/h5-8,11,14,16-17H,1-4H3,(H,18,19)/t11-,14+/m1/s1. The highest BCUT2D eigenvalue weighted by Crippen LogP contribution is 2.12. The Morgan fingerprint density at radius 2 is 1.74 bits per heavy atom. The molecule has 126 valence electrons. The van der Waals surface area contributed by atoms with E-state index in [9.17, 15) is 18.3 Å². The molecule has 3 N–H and O–H groups in total. The lowest BCUT2D eigenvalue weighted by Gasteiger charge is -2.17. The van der Waals surface area contributed by atoms with Crippen molar-refractivity contribution in [3.8, 4) is 11.5 Å². The molecule has 6 nitrogen and oxygen atoms in total. The van der Waals surface area contributed by atoms with Crippen LogP contribution in [0.25, 0.3) is 0 Å². The van der Waals surface area contributed by atoms with Crippen molar-refractivity contribution in [3.05, 3.63) is 29.8 Å². The maximum absolute atomic E-state index is 12.2. The van der Waals surface area contributed by atoms with E-state index in [1.807, 2.05) is 4.72 Å². The van der Waals surface area contributed by atoms with Crippen molar-refractivity contribution in [2.24, 2.45) is 0 Å². The summed E-state index contributed by atoms with van der Waals surface area (Å²) in [5.74, 6) is 1.56. The van der Waals surface area contributed by atoms with Crippen LogP contribution in [0.15, 0.2) is 29.2 Å². The molecule has 0 spiro atoms. The van der Waals surface area contributed by atoms with Crippen LogP contribution >= 0.6 is 0 Å². The Balaban J connectivity index is 3.02. The Bertz CT molecular complexity index is 724. The molecule has 23 heavy (non-hydrogen) atoms. The van der Waals surface area contributed by atoms with Crippen LogP contribution in [-0.2, 0) is 14.8 Å². The average molecular weight is 355 g/mol. The van der Waals surface area contributed by atoms with Crippen molar-refractivity contribution in [1.29, 1.82) is 0 Å². The quantitative estimate of drug-likeness (QED) is 0.541. The Hall–Kier alpha value is -1.66. The van der Waals surface area contributed by atoms with Crippen molar-refractivity contribution in [1.82, 2.24) is 4.72 Å². The first-order chi connectivity index (χ1) is 10.4. The van der Waals surface area contributed by atoms with Gasteiger partial charge in [0.1, 0.15) is 14.1 Å². The highest BCUT2D eigenvalue weighted by atomic mass is 32.2. The molecule has 0 aromatic heterocycles. The monoisotopic (exact) mass is 355 g/mol. The Morgan fingerprint density at radius 3 is 2.13 bits per heavy atom. The normalized spacial score (nSPS) is 14.5. The lowest BCUT2D eigenvalue weighted by Crippen LogP contribution is -2.47. The third kappa shape index (κ3) is 6.15. The number of benzene rings is 1. The zero-order chi connectivity index (χ0) is 17.8. The molecule has 0 unspecified atom stereocenters. The number of aliphatic hydroxyl groups excluding tert-OH is 1. The van der Waals surface area contributed by atoms with E-state index >= 15 is 0 Å². The Kier molecular flexibility index (Phi) is 6.13. The molecule has 1 aromatic rings. The first kappa shape index (κ1) is 19.4. The first-order valence-electron chi connectivity index (χ1n) is 6.99. The fourth-order valence-corrected chi connectivity index (χ4v) is 3.35. The van der Waals surface area contributed by atoms with Gasteiger partial charge in [0.05, 0.1) is 11.0 Å². The van der Waals surface area contributed by atoms with E-state index in [1.54, 1.807) is 12.1 Å². The molecule has 0 heterocycles. The van der Waals surface area contributed by atoms with Gasteiger partial charge in [-0.15, -0.1) is 5.54 Å². The summed E-state index contributed by atoms with van der Waals surface area (Å²) in [6.45, 7) is 7.51. The largest absolute Gasteiger partial charge is 0.480 e. The number of carbonyl (C=O) groups is 1. The molecule has 0 radical (unpaired) electrons. The van der Waals surface area contributed by atoms with E-state index in [4.69, 9.17) is 5.11 Å². The van der Waals surface area contributed by atoms with Gasteiger partial charge in [-0.1, -0.05) is 25.6 Å². The van der Waals surface area contributed by atoms with Crippen LogP contribution in [0.5, 0.6) is 0 Å². The number of carboxylic acids is 1. The van der Waals surface area contributed by atoms with Crippen molar-refractivity contribution >= 4 is 24.1 Å². The Morgan fingerprint density at radius 1 is 1.22 bits per heavy atom. The van der Waals surface area contributed by atoms with Gasteiger partial charge in [-0.3, -0.25) is 4.79 Å². The predicted octanol–water partition coefficient (Wildman–Crippen LogP) is 1.03. The minimum atomic E-state index is -4.04. The van der Waals surface area contributed by atoms with Gasteiger partial charge in [0.25, 0.3) is 0 Å². The van der Waals surface area contributed by atoms with E-state index in [1.165, 1.54) is 19.1 Å². The summed E-state index contributed by atoms with van der Waals surface area (Å²) in [5, 5.41) is 18.3. The van der Waals surface area contributed by atoms with Crippen LogP contribution in [0.2, 0.25) is 19.6 Å². The number of aliphatic carboxylic acids is 1. The number of carboxylic acid groups (broad SMARTS) is 1. The molecule has 0 bridgehead atoms. The van der Waals surface area contributed by atoms with Crippen LogP contribution < -0.4 is 4.72 Å². The minimum absolute atomic E-state index is 0.0806. The maximum atomic E-state index is 12.2. The molecular weight excluding hydrogens is 334 g/mol. The third-order valence-electron chi connectivity index (χ3n) is 2.78. The van der Waals surface area contributed by atoms with Gasteiger partial charge < -0.3 is 10.2 Å². The summed E-state index contributed by atoms with van der Waals surface area (Å²) in [7, 11) is -5.56. The van der Waals surface area contributed by atoms with Gasteiger partial charge >= 0.3 is 5.97 Å². The summed E-state index contributed by atoms with van der Waals surface area (Å²) < 4.78 is 26.3. The third-order valence-corrected chi connectivity index (χ3v) is 5.11. The summed E-state index contributed by atoms with van der Waals surface area (Å²) in [4.78, 5) is 10.9. The number of nitrogens with one attached hydrogen (secondary N) is 1. The van der Waals surface area contributed by atoms with Crippen LogP contribution in [0.4, 0.5) is 0 Å². The zero-order valence-electron chi connectivity index (χ0n) is 13.5. The number of hydrogen-bond donors (Lipinski definition) is 3. The van der Waals surface area contributed by atoms with Crippen molar-refractivity contribution in [2.75, 3.05) is 0 Å². The predicted molar refractivity (Wildman–Crippen MR) is 90.1 cm³/mol. The topological polar surface area (TPSA) is 104 Å². The second-order valence-electron chi connectivity index (χ2n) is 6.20. The van der Waals surface area contributed by atoms with Gasteiger partial charge in [-0.25, -0.2) is 8.42 Å². The second kappa shape index (κ2) is 7.27. The van der Waals surface area contributed by atoms with E-state index in [0.717, 1.165) is 0 Å². The SMILES string of the molecule is C[C@@H](O)[C@H](NS(=O)(=O)c1ccc(C#C[Si](C)(C)C)cc1)C(=O)O. The molecule has 8 heteroatoms. The summed E-state index contributed by atoms with van der Waals surface area (Å²) in [6, 6.07) is 4.25. The van der Waals surface area contributed by atoms with E-state index in [2.05, 4.69) is 31.1 Å². The van der Waals surface area contributed by atoms with Crippen molar-refractivity contribution in [2.45, 2.75) is 43.6 Å². The van der Waals surface area contributed by atoms with Gasteiger partial charge in [-0.05, 0) is 31.2 Å². The first-order valence-corrected chi connectivity index (χ1v) is 12.0. The second-order valence-corrected chi connectivity index (χ2v) is 12.7. The lowest BCUT2D eigenvalue weighted by atomic mass is 10.2. The number of rotatable bonds is 5. The molecule has 1 aromatic carbocycles. The van der Waals surface area contributed by atoms with Crippen molar-refractivity contribution in [3.63, 3.8) is 0 Å². The lowest BCUT2D eigenvalue weighted by molar-refractivity contribution is -0.141. The molecule has 0 aliphatic rings. The molecule has 2 atom stereocenters. The fourth-order valence-electron chi connectivity index (χ4n) is 1.57. The summed E-state index contributed by atoms with van der Waals surface area (Å²) >= 11 is 0. The molecule has 0 aliphatic heterocycles. The van der Waals surface area contributed by atoms with Crippen LogP contribution in [0.3, 0.4) is 0 Å². The summed E-state index contributed by atoms with van der Waals surface area (Å²) in [6.07, 6.45) is -1.36. The maximum Gasteiger partial charge on any atom is 0.324 e. The van der Waals surface area contributed by atoms with Crippen LogP contribution in [0, 0.1) is 11.5 Å². The molecule has 1 rings (SSSR count). The average Bonchev–Trinajstić information content (AvgIpc) is 2.42. The number of aliphatic hydroxyl groups is 1.